The minimum Gasteiger partial charge on any atom is -0.494 e. The summed E-state index contributed by atoms with van der Waals surface area (Å²) in [6, 6.07) is 7.90. The number of nitrogens with zero attached hydrogens (tertiary/aromatic N) is 2. The van der Waals surface area contributed by atoms with Crippen molar-refractivity contribution in [2.75, 3.05) is 23.0 Å². The van der Waals surface area contributed by atoms with Crippen molar-refractivity contribution in [3.8, 4) is 5.75 Å². The Bertz CT molecular complexity index is 656. The van der Waals surface area contributed by atoms with Crippen molar-refractivity contribution in [3.05, 3.63) is 24.3 Å². The Morgan fingerprint density at radius 2 is 2.13 bits per heavy atom. The third-order valence-electron chi connectivity index (χ3n) is 3.09. The second-order valence-electron chi connectivity index (χ2n) is 5.09. The minimum atomic E-state index is -0.0638. The Labute approximate surface area is 143 Å². The predicted octanol–water partition coefficient (Wildman–Crippen LogP) is 3.24. The van der Waals surface area contributed by atoms with Gasteiger partial charge in [0.05, 0.1) is 12.4 Å². The van der Waals surface area contributed by atoms with Crippen molar-refractivity contribution in [2.45, 2.75) is 30.1 Å². The summed E-state index contributed by atoms with van der Waals surface area (Å²) in [5.74, 6) is 1.04. The number of carbonyl (C=O) groups excluding carboxylic acids is 1. The smallest absolute Gasteiger partial charge is 0.234 e. The van der Waals surface area contributed by atoms with E-state index in [-0.39, 0.29) is 5.91 Å². The van der Waals surface area contributed by atoms with Crippen LogP contribution in [0.3, 0.4) is 0 Å². The lowest BCUT2D eigenvalue weighted by molar-refractivity contribution is -0.113. The Hall–Kier alpha value is -1.80. The van der Waals surface area contributed by atoms with Gasteiger partial charge in [-0.3, -0.25) is 4.79 Å². The first-order chi connectivity index (χ1) is 11.2. The van der Waals surface area contributed by atoms with Gasteiger partial charge in [-0.1, -0.05) is 23.1 Å². The normalized spacial score (nSPS) is 13.6. The van der Waals surface area contributed by atoms with Crippen LogP contribution in [-0.4, -0.2) is 34.5 Å². The van der Waals surface area contributed by atoms with E-state index in [9.17, 15) is 4.79 Å². The van der Waals surface area contributed by atoms with E-state index in [0.717, 1.165) is 20.9 Å². The first-order valence-corrected chi connectivity index (χ1v) is 9.28. The average Bonchev–Trinajstić information content (AvgIpc) is 3.24. The zero-order valence-electron chi connectivity index (χ0n) is 12.7. The second-order valence-corrected chi connectivity index (χ2v) is 7.29. The number of rotatable bonds is 8. The van der Waals surface area contributed by atoms with Gasteiger partial charge < -0.3 is 15.4 Å². The monoisotopic (exact) mass is 350 g/mol. The zero-order valence-corrected chi connectivity index (χ0v) is 14.4. The van der Waals surface area contributed by atoms with Gasteiger partial charge in [0, 0.05) is 11.7 Å². The van der Waals surface area contributed by atoms with Crippen LogP contribution in [0.25, 0.3) is 0 Å². The van der Waals surface area contributed by atoms with E-state index in [0.29, 0.717) is 18.4 Å². The molecule has 3 rings (SSSR count). The topological polar surface area (TPSA) is 76.1 Å². The summed E-state index contributed by atoms with van der Waals surface area (Å²) >= 11 is 2.89. The molecule has 0 spiro atoms. The zero-order chi connectivity index (χ0) is 16.1. The molecule has 0 unspecified atom stereocenters. The summed E-state index contributed by atoms with van der Waals surface area (Å²) in [6.07, 6.45) is 2.40. The van der Waals surface area contributed by atoms with Crippen molar-refractivity contribution in [1.29, 1.82) is 0 Å². The van der Waals surface area contributed by atoms with E-state index in [1.807, 2.05) is 31.2 Å². The van der Waals surface area contributed by atoms with Gasteiger partial charge >= 0.3 is 0 Å². The number of thioether (sulfide) groups is 1. The summed E-state index contributed by atoms with van der Waals surface area (Å²) in [7, 11) is 0. The first-order valence-electron chi connectivity index (χ1n) is 7.48. The van der Waals surface area contributed by atoms with Crippen LogP contribution in [0.2, 0.25) is 0 Å². The molecule has 6 nitrogen and oxygen atoms in total. The van der Waals surface area contributed by atoms with E-state index >= 15 is 0 Å². The van der Waals surface area contributed by atoms with Crippen LogP contribution in [0.4, 0.5) is 10.8 Å². The molecule has 1 amide bonds. The standard InChI is InChI=1S/C15H18N4O2S2/c1-2-21-12-7-5-10(6-8-12)16-13(20)9-22-15-19-18-14(23-15)17-11-3-4-11/h5-8,11H,2-4,9H2,1H3,(H,16,20)(H,17,18). The van der Waals surface area contributed by atoms with Crippen molar-refractivity contribution < 1.29 is 9.53 Å². The first kappa shape index (κ1) is 16.1. The molecule has 0 radical (unpaired) electrons. The van der Waals surface area contributed by atoms with Crippen LogP contribution >= 0.6 is 23.1 Å². The maximum atomic E-state index is 12.0. The van der Waals surface area contributed by atoms with Crippen LogP contribution < -0.4 is 15.4 Å². The van der Waals surface area contributed by atoms with Gasteiger partial charge in [0.25, 0.3) is 0 Å². The summed E-state index contributed by atoms with van der Waals surface area (Å²) in [5, 5.41) is 15.1. The molecule has 2 N–H and O–H groups in total. The van der Waals surface area contributed by atoms with Gasteiger partial charge in [0.15, 0.2) is 4.34 Å². The summed E-state index contributed by atoms with van der Waals surface area (Å²) in [5.41, 5.74) is 0.757. The number of ether oxygens (including phenoxy) is 1. The van der Waals surface area contributed by atoms with Crippen LogP contribution in [-0.2, 0) is 4.79 Å². The number of carbonyl (C=O) groups is 1. The Morgan fingerprint density at radius 1 is 1.35 bits per heavy atom. The van der Waals surface area contributed by atoms with E-state index in [1.165, 1.54) is 35.9 Å². The fraction of sp³-hybridized carbons (Fsp3) is 0.400. The highest BCUT2D eigenvalue weighted by Crippen LogP contribution is 2.30. The number of hydrogen-bond acceptors (Lipinski definition) is 7. The molecule has 0 aliphatic heterocycles. The number of hydrogen-bond donors (Lipinski definition) is 2. The highest BCUT2D eigenvalue weighted by Gasteiger charge is 2.22. The molecule has 1 saturated carbocycles. The molecule has 0 bridgehead atoms. The molecule has 23 heavy (non-hydrogen) atoms. The van der Waals surface area contributed by atoms with Crippen LogP contribution in [0.1, 0.15) is 19.8 Å². The molecule has 1 fully saturated rings. The van der Waals surface area contributed by atoms with E-state index in [4.69, 9.17) is 4.74 Å². The lowest BCUT2D eigenvalue weighted by Crippen LogP contribution is -2.13. The molecule has 0 atom stereocenters. The predicted molar refractivity (Wildman–Crippen MR) is 93.5 cm³/mol. The second kappa shape index (κ2) is 7.65. The molecule has 122 valence electrons. The SMILES string of the molecule is CCOc1ccc(NC(=O)CSc2nnc(NC3CC3)s2)cc1. The number of nitrogens with one attached hydrogen (secondary N) is 2. The molecule has 2 aromatic rings. The van der Waals surface area contributed by atoms with Gasteiger partial charge in [0.1, 0.15) is 5.75 Å². The third kappa shape index (κ3) is 5.11. The summed E-state index contributed by atoms with van der Waals surface area (Å²) in [4.78, 5) is 12.0. The Balaban J connectivity index is 1.44. The van der Waals surface area contributed by atoms with Crippen LogP contribution in [0.15, 0.2) is 28.6 Å². The van der Waals surface area contributed by atoms with Gasteiger partial charge in [0.2, 0.25) is 11.0 Å². The lowest BCUT2D eigenvalue weighted by atomic mass is 10.3. The van der Waals surface area contributed by atoms with Crippen molar-refractivity contribution in [2.24, 2.45) is 0 Å². The highest BCUT2D eigenvalue weighted by molar-refractivity contribution is 8.01. The van der Waals surface area contributed by atoms with Gasteiger partial charge in [-0.25, -0.2) is 0 Å². The minimum absolute atomic E-state index is 0.0638. The number of anilines is 2. The molecule has 1 aromatic heterocycles. The maximum Gasteiger partial charge on any atom is 0.234 e. The van der Waals surface area contributed by atoms with E-state index < -0.39 is 0 Å². The summed E-state index contributed by atoms with van der Waals surface area (Å²) in [6.45, 7) is 2.56. The Morgan fingerprint density at radius 3 is 2.83 bits per heavy atom. The van der Waals surface area contributed by atoms with Gasteiger partial charge in [-0.15, -0.1) is 10.2 Å². The number of amides is 1. The molecule has 8 heteroatoms. The van der Waals surface area contributed by atoms with Crippen molar-refractivity contribution in [1.82, 2.24) is 10.2 Å². The third-order valence-corrected chi connectivity index (χ3v) is 5.08. The lowest BCUT2D eigenvalue weighted by Gasteiger charge is -2.06. The fourth-order valence-corrected chi connectivity index (χ4v) is 3.48. The largest absolute Gasteiger partial charge is 0.494 e. The van der Waals surface area contributed by atoms with Crippen molar-refractivity contribution in [3.63, 3.8) is 0 Å². The molecule has 0 saturated heterocycles. The van der Waals surface area contributed by atoms with Crippen LogP contribution in [0.5, 0.6) is 5.75 Å². The summed E-state index contributed by atoms with van der Waals surface area (Å²) < 4.78 is 6.17. The van der Waals surface area contributed by atoms with Gasteiger partial charge in [-0.2, -0.15) is 0 Å². The molecule has 1 heterocycles. The van der Waals surface area contributed by atoms with Crippen molar-refractivity contribution >= 4 is 39.8 Å². The van der Waals surface area contributed by atoms with Crippen LogP contribution in [0, 0.1) is 0 Å². The number of benzene rings is 1. The molecule has 1 aliphatic carbocycles. The maximum absolute atomic E-state index is 12.0. The average molecular weight is 350 g/mol. The molecule has 1 aromatic carbocycles. The fourth-order valence-electron chi connectivity index (χ4n) is 1.85. The molecule has 1 aliphatic rings. The molecular formula is C15H18N4O2S2. The van der Waals surface area contributed by atoms with E-state index in [1.54, 1.807) is 0 Å². The highest BCUT2D eigenvalue weighted by atomic mass is 32.2. The Kier molecular flexibility index (Phi) is 5.35. The van der Waals surface area contributed by atoms with Gasteiger partial charge in [-0.05, 0) is 44.0 Å². The quantitative estimate of drug-likeness (QED) is 0.712. The number of aromatic nitrogens is 2. The van der Waals surface area contributed by atoms with E-state index in [2.05, 4.69) is 20.8 Å². The molecular weight excluding hydrogens is 332 g/mol.